The van der Waals surface area contributed by atoms with Crippen LogP contribution in [0.3, 0.4) is 0 Å². The van der Waals surface area contributed by atoms with Crippen molar-refractivity contribution >= 4 is 16.5 Å². The molecule has 0 radical (unpaired) electrons. The minimum atomic E-state index is -0.152. The molecule has 0 spiro atoms. The molecular formula is C25H23N3O3. The monoisotopic (exact) mass is 413 g/mol. The van der Waals surface area contributed by atoms with Crippen LogP contribution in [0.4, 0.5) is 5.69 Å². The molecule has 1 aliphatic heterocycles. The van der Waals surface area contributed by atoms with Crippen molar-refractivity contribution in [3.8, 4) is 22.7 Å². The van der Waals surface area contributed by atoms with Gasteiger partial charge >= 0.3 is 0 Å². The van der Waals surface area contributed by atoms with Crippen LogP contribution in [0.25, 0.3) is 27.7 Å². The first-order chi connectivity index (χ1) is 15.1. The lowest BCUT2D eigenvalue weighted by molar-refractivity contribution is 0.122. The van der Waals surface area contributed by atoms with Crippen molar-refractivity contribution in [1.82, 2.24) is 9.78 Å². The lowest BCUT2D eigenvalue weighted by Gasteiger charge is -2.29. The fraction of sp³-hybridized carbons (Fsp3) is 0.200. The number of morpholine rings is 1. The number of rotatable bonds is 3. The van der Waals surface area contributed by atoms with Crippen molar-refractivity contribution < 1.29 is 9.84 Å². The second-order valence-electron chi connectivity index (χ2n) is 7.73. The number of anilines is 1. The van der Waals surface area contributed by atoms with Crippen LogP contribution in [-0.4, -0.2) is 41.2 Å². The fourth-order valence-electron chi connectivity index (χ4n) is 4.03. The molecular weight excluding hydrogens is 390 g/mol. The lowest BCUT2D eigenvalue weighted by atomic mass is 10.0. The maximum absolute atomic E-state index is 13.4. The van der Waals surface area contributed by atoms with Gasteiger partial charge in [-0.25, -0.2) is 0 Å². The Bertz CT molecular complexity index is 1310. The Labute approximate surface area is 179 Å². The van der Waals surface area contributed by atoms with Gasteiger partial charge in [0, 0.05) is 29.7 Å². The minimum Gasteiger partial charge on any atom is -0.508 e. The largest absolute Gasteiger partial charge is 0.508 e. The predicted molar refractivity (Wildman–Crippen MR) is 122 cm³/mol. The number of phenolic OH excluding ortho intramolecular Hbond substituents is 1. The third kappa shape index (κ3) is 3.55. The van der Waals surface area contributed by atoms with Gasteiger partial charge in [-0.2, -0.15) is 9.78 Å². The standard InChI is InChI=1S/C25H23N3O3/c1-17-6-9-19(27-12-14-31-15-13-27)16-23(17)28-25(30)22-5-3-2-4-21(22)24(26-28)18-7-10-20(29)11-8-18/h2-11,16,29H,12-15H2,1H3. The van der Waals surface area contributed by atoms with Crippen LogP contribution < -0.4 is 10.5 Å². The summed E-state index contributed by atoms with van der Waals surface area (Å²) < 4.78 is 6.98. The molecule has 1 aromatic heterocycles. The van der Waals surface area contributed by atoms with E-state index < -0.39 is 0 Å². The van der Waals surface area contributed by atoms with Gasteiger partial charge in [-0.05, 0) is 55.0 Å². The molecule has 3 aromatic carbocycles. The van der Waals surface area contributed by atoms with Crippen LogP contribution in [0.2, 0.25) is 0 Å². The first kappa shape index (κ1) is 19.3. The van der Waals surface area contributed by atoms with Crippen molar-refractivity contribution in [2.45, 2.75) is 6.92 Å². The van der Waals surface area contributed by atoms with Crippen molar-refractivity contribution in [3.05, 3.63) is 82.6 Å². The molecule has 0 aliphatic carbocycles. The molecule has 1 N–H and O–H groups in total. The number of fused-ring (bicyclic) bond motifs is 1. The fourth-order valence-corrected chi connectivity index (χ4v) is 4.03. The predicted octanol–water partition coefficient (Wildman–Crippen LogP) is 3.90. The Morgan fingerprint density at radius 3 is 2.39 bits per heavy atom. The number of aryl methyl sites for hydroxylation is 1. The van der Waals surface area contributed by atoms with Gasteiger partial charge in [0.05, 0.1) is 30.0 Å². The molecule has 4 aromatic rings. The third-order valence-electron chi connectivity index (χ3n) is 5.74. The highest BCUT2D eigenvalue weighted by atomic mass is 16.5. The van der Waals surface area contributed by atoms with E-state index in [0.717, 1.165) is 41.0 Å². The molecule has 1 fully saturated rings. The van der Waals surface area contributed by atoms with E-state index in [1.54, 1.807) is 12.1 Å². The van der Waals surface area contributed by atoms with Gasteiger partial charge in [0.2, 0.25) is 0 Å². The zero-order valence-electron chi connectivity index (χ0n) is 17.3. The van der Waals surface area contributed by atoms with E-state index in [9.17, 15) is 9.90 Å². The highest BCUT2D eigenvalue weighted by Crippen LogP contribution is 2.28. The maximum atomic E-state index is 13.4. The number of hydrogen-bond donors (Lipinski definition) is 1. The van der Waals surface area contributed by atoms with E-state index in [2.05, 4.69) is 11.0 Å². The Kier molecular flexibility index (Phi) is 4.92. The zero-order chi connectivity index (χ0) is 21.4. The number of benzene rings is 3. The molecule has 0 saturated carbocycles. The van der Waals surface area contributed by atoms with Crippen LogP contribution in [-0.2, 0) is 4.74 Å². The van der Waals surface area contributed by atoms with E-state index in [4.69, 9.17) is 9.84 Å². The maximum Gasteiger partial charge on any atom is 0.279 e. The smallest absolute Gasteiger partial charge is 0.279 e. The van der Waals surface area contributed by atoms with Crippen LogP contribution >= 0.6 is 0 Å². The van der Waals surface area contributed by atoms with Crippen LogP contribution in [0, 0.1) is 6.92 Å². The highest BCUT2D eigenvalue weighted by molar-refractivity contribution is 5.94. The van der Waals surface area contributed by atoms with Crippen molar-refractivity contribution in [1.29, 1.82) is 0 Å². The molecule has 0 unspecified atom stereocenters. The first-order valence-electron chi connectivity index (χ1n) is 10.4. The molecule has 6 heteroatoms. The summed E-state index contributed by atoms with van der Waals surface area (Å²) in [4.78, 5) is 15.7. The SMILES string of the molecule is Cc1ccc(N2CCOCC2)cc1-n1nc(-c2ccc(O)cc2)c2ccccc2c1=O. The van der Waals surface area contributed by atoms with E-state index >= 15 is 0 Å². The van der Waals surface area contributed by atoms with E-state index in [0.29, 0.717) is 24.3 Å². The summed E-state index contributed by atoms with van der Waals surface area (Å²) >= 11 is 0. The minimum absolute atomic E-state index is 0.152. The third-order valence-corrected chi connectivity index (χ3v) is 5.74. The summed E-state index contributed by atoms with van der Waals surface area (Å²) in [7, 11) is 0. The quantitative estimate of drug-likeness (QED) is 0.552. The van der Waals surface area contributed by atoms with Gasteiger partial charge in [0.1, 0.15) is 5.75 Å². The normalized spacial score (nSPS) is 14.2. The van der Waals surface area contributed by atoms with Gasteiger partial charge in [-0.1, -0.05) is 24.3 Å². The van der Waals surface area contributed by atoms with Crippen LogP contribution in [0.1, 0.15) is 5.56 Å². The van der Waals surface area contributed by atoms with E-state index in [1.807, 2.05) is 55.5 Å². The molecule has 1 saturated heterocycles. The number of phenols is 1. The summed E-state index contributed by atoms with van der Waals surface area (Å²) in [5, 5.41) is 15.9. The number of nitrogens with zero attached hydrogens (tertiary/aromatic N) is 3. The highest BCUT2D eigenvalue weighted by Gasteiger charge is 2.17. The van der Waals surface area contributed by atoms with Crippen molar-refractivity contribution in [2.75, 3.05) is 31.2 Å². The van der Waals surface area contributed by atoms with Gasteiger partial charge in [0.15, 0.2) is 0 Å². The van der Waals surface area contributed by atoms with Crippen molar-refractivity contribution in [3.63, 3.8) is 0 Å². The number of aromatic nitrogens is 2. The summed E-state index contributed by atoms with van der Waals surface area (Å²) in [5.41, 5.74) is 4.17. The molecule has 31 heavy (non-hydrogen) atoms. The van der Waals surface area contributed by atoms with Crippen LogP contribution in [0.15, 0.2) is 71.5 Å². The topological polar surface area (TPSA) is 67.6 Å². The second-order valence-corrected chi connectivity index (χ2v) is 7.73. The first-order valence-corrected chi connectivity index (χ1v) is 10.4. The molecule has 1 aliphatic rings. The summed E-state index contributed by atoms with van der Waals surface area (Å²) in [5.74, 6) is 0.190. The Balaban J connectivity index is 1.73. The van der Waals surface area contributed by atoms with Gasteiger partial charge in [-0.15, -0.1) is 0 Å². The molecule has 6 nitrogen and oxygen atoms in total. The van der Waals surface area contributed by atoms with E-state index in [-0.39, 0.29) is 11.3 Å². The average Bonchev–Trinajstić information content (AvgIpc) is 2.81. The number of ether oxygens (including phenoxy) is 1. The number of hydrogen-bond acceptors (Lipinski definition) is 5. The number of aromatic hydroxyl groups is 1. The molecule has 5 rings (SSSR count). The molecule has 0 atom stereocenters. The lowest BCUT2D eigenvalue weighted by Crippen LogP contribution is -2.36. The summed E-state index contributed by atoms with van der Waals surface area (Å²) in [6, 6.07) is 20.6. The Morgan fingerprint density at radius 1 is 0.935 bits per heavy atom. The van der Waals surface area contributed by atoms with E-state index in [1.165, 1.54) is 4.68 Å². The average molecular weight is 413 g/mol. The molecule has 0 amide bonds. The van der Waals surface area contributed by atoms with Gasteiger partial charge in [-0.3, -0.25) is 4.79 Å². The second kappa shape index (κ2) is 7.89. The molecule has 2 heterocycles. The summed E-state index contributed by atoms with van der Waals surface area (Å²) in [6.45, 7) is 5.02. The van der Waals surface area contributed by atoms with Crippen LogP contribution in [0.5, 0.6) is 5.75 Å². The summed E-state index contributed by atoms with van der Waals surface area (Å²) in [6.07, 6.45) is 0. The van der Waals surface area contributed by atoms with Crippen molar-refractivity contribution in [2.24, 2.45) is 0 Å². The molecule has 156 valence electrons. The van der Waals surface area contributed by atoms with Gasteiger partial charge < -0.3 is 14.7 Å². The van der Waals surface area contributed by atoms with Gasteiger partial charge in [0.25, 0.3) is 5.56 Å². The molecule has 0 bridgehead atoms. The Hall–Kier alpha value is -3.64. The Morgan fingerprint density at radius 2 is 1.65 bits per heavy atom. The zero-order valence-corrected chi connectivity index (χ0v) is 17.3.